The van der Waals surface area contributed by atoms with Crippen molar-refractivity contribution in [3.63, 3.8) is 0 Å². The highest BCUT2D eigenvalue weighted by Gasteiger charge is 2.15. The third kappa shape index (κ3) is 5.08. The van der Waals surface area contributed by atoms with Crippen LogP contribution in [0.2, 0.25) is 0 Å². The van der Waals surface area contributed by atoms with Crippen LogP contribution in [0.5, 0.6) is 0 Å². The van der Waals surface area contributed by atoms with Crippen molar-refractivity contribution in [1.29, 1.82) is 0 Å². The summed E-state index contributed by atoms with van der Waals surface area (Å²) >= 11 is 0. The zero-order valence-corrected chi connectivity index (χ0v) is 15.9. The van der Waals surface area contributed by atoms with E-state index in [9.17, 15) is 9.59 Å². The maximum absolute atomic E-state index is 11.8. The van der Waals surface area contributed by atoms with Crippen LogP contribution in [0.25, 0.3) is 0 Å². The highest BCUT2D eigenvalue weighted by Crippen LogP contribution is 2.15. The van der Waals surface area contributed by atoms with Crippen molar-refractivity contribution in [2.45, 2.75) is 13.8 Å². The van der Waals surface area contributed by atoms with Gasteiger partial charge in [0.2, 0.25) is 0 Å². The van der Waals surface area contributed by atoms with E-state index in [0.29, 0.717) is 5.56 Å². The van der Waals surface area contributed by atoms with Crippen LogP contribution in [0.1, 0.15) is 46.0 Å². The Labute approximate surface area is 159 Å². The molecular formula is C21H22N2O4. The number of pyridine rings is 1. The number of benzene rings is 1. The summed E-state index contributed by atoms with van der Waals surface area (Å²) in [7, 11) is 2.50. The number of hydrogen-bond donors (Lipinski definition) is 0. The third-order valence-electron chi connectivity index (χ3n) is 3.96. The molecule has 140 valence electrons. The van der Waals surface area contributed by atoms with Crippen LogP contribution in [0.15, 0.2) is 36.4 Å². The zero-order chi connectivity index (χ0) is 19.8. The molecule has 0 aliphatic carbocycles. The first-order chi connectivity index (χ1) is 13.0. The molecule has 27 heavy (non-hydrogen) atoms. The molecule has 0 radical (unpaired) electrons. The van der Waals surface area contributed by atoms with Gasteiger partial charge in [0.15, 0.2) is 11.4 Å². The van der Waals surface area contributed by atoms with E-state index in [-0.39, 0.29) is 11.4 Å². The van der Waals surface area contributed by atoms with Gasteiger partial charge in [-0.05, 0) is 50.2 Å². The Bertz CT molecular complexity index is 841. The Morgan fingerprint density at radius 1 is 0.889 bits per heavy atom. The minimum Gasteiger partial charge on any atom is -0.464 e. The maximum Gasteiger partial charge on any atom is 0.356 e. The molecule has 1 aromatic heterocycles. The van der Waals surface area contributed by atoms with E-state index in [1.54, 1.807) is 0 Å². The predicted molar refractivity (Wildman–Crippen MR) is 103 cm³/mol. The minimum absolute atomic E-state index is 0.00146. The number of nitrogens with zero attached hydrogens (tertiary/aromatic N) is 2. The molecule has 0 amide bonds. The number of rotatable bonds is 5. The van der Waals surface area contributed by atoms with Crippen LogP contribution in [0.3, 0.4) is 0 Å². The topological polar surface area (TPSA) is 68.7 Å². The molecule has 0 N–H and O–H groups in total. The molecule has 0 aliphatic heterocycles. The van der Waals surface area contributed by atoms with Gasteiger partial charge in [0.25, 0.3) is 0 Å². The summed E-state index contributed by atoms with van der Waals surface area (Å²) < 4.78 is 9.35. The van der Waals surface area contributed by atoms with Crippen molar-refractivity contribution in [2.75, 3.05) is 32.2 Å². The molecule has 0 spiro atoms. The van der Waals surface area contributed by atoms with Gasteiger partial charge in [-0.3, -0.25) is 0 Å². The lowest BCUT2D eigenvalue weighted by atomic mass is 10.1. The first-order valence-electron chi connectivity index (χ1n) is 8.58. The molecule has 6 heteroatoms. The van der Waals surface area contributed by atoms with Gasteiger partial charge in [0, 0.05) is 29.9 Å². The van der Waals surface area contributed by atoms with Crippen molar-refractivity contribution >= 4 is 17.6 Å². The number of esters is 2. The van der Waals surface area contributed by atoms with Crippen LogP contribution < -0.4 is 4.90 Å². The van der Waals surface area contributed by atoms with Crippen molar-refractivity contribution in [3.05, 3.63) is 58.9 Å². The Balaban J connectivity index is 2.34. The lowest BCUT2D eigenvalue weighted by Gasteiger charge is -2.20. The summed E-state index contributed by atoms with van der Waals surface area (Å²) in [6.45, 7) is 6.09. The monoisotopic (exact) mass is 366 g/mol. The van der Waals surface area contributed by atoms with Gasteiger partial charge >= 0.3 is 11.9 Å². The number of carbonyl (C=O) groups is 2. The van der Waals surface area contributed by atoms with Crippen LogP contribution in [-0.2, 0) is 9.47 Å². The highest BCUT2D eigenvalue weighted by molar-refractivity contribution is 5.92. The Hall–Kier alpha value is -3.33. The fourth-order valence-corrected chi connectivity index (χ4v) is 2.51. The third-order valence-corrected chi connectivity index (χ3v) is 3.96. The van der Waals surface area contributed by atoms with Gasteiger partial charge in [-0.15, -0.1) is 0 Å². The lowest BCUT2D eigenvalue weighted by molar-refractivity contribution is 0.0585. The molecule has 2 rings (SSSR count). The van der Waals surface area contributed by atoms with Crippen LogP contribution >= 0.6 is 0 Å². The second kappa shape index (κ2) is 9.39. The van der Waals surface area contributed by atoms with Crippen LogP contribution in [0, 0.1) is 11.8 Å². The highest BCUT2D eigenvalue weighted by atomic mass is 16.5. The molecule has 0 atom stereocenters. The zero-order valence-electron chi connectivity index (χ0n) is 15.9. The van der Waals surface area contributed by atoms with E-state index in [4.69, 9.17) is 0 Å². The number of methoxy groups -OCH3 is 2. The van der Waals surface area contributed by atoms with Gasteiger partial charge in [0.05, 0.1) is 14.2 Å². The lowest BCUT2D eigenvalue weighted by Crippen LogP contribution is -2.21. The van der Waals surface area contributed by atoms with E-state index in [2.05, 4.69) is 45.0 Å². The average molecular weight is 366 g/mol. The van der Waals surface area contributed by atoms with Crippen molar-refractivity contribution < 1.29 is 19.1 Å². The fraction of sp³-hybridized carbons (Fsp3) is 0.286. The van der Waals surface area contributed by atoms with Gasteiger partial charge in [-0.2, -0.15) is 0 Å². The molecule has 1 heterocycles. The van der Waals surface area contributed by atoms with E-state index >= 15 is 0 Å². The van der Waals surface area contributed by atoms with Crippen molar-refractivity contribution in [3.8, 4) is 11.8 Å². The number of anilines is 1. The summed E-state index contributed by atoms with van der Waals surface area (Å²) in [4.78, 5) is 29.7. The summed E-state index contributed by atoms with van der Waals surface area (Å²) in [5.74, 6) is 4.70. The number of ether oxygens (including phenoxy) is 2. The molecule has 6 nitrogen and oxygen atoms in total. The summed E-state index contributed by atoms with van der Waals surface area (Å²) in [5, 5.41) is 0. The first kappa shape index (κ1) is 20.0. The molecule has 0 saturated carbocycles. The maximum atomic E-state index is 11.8. The average Bonchev–Trinajstić information content (AvgIpc) is 2.72. The van der Waals surface area contributed by atoms with Crippen LogP contribution in [-0.4, -0.2) is 44.2 Å². The summed E-state index contributed by atoms with van der Waals surface area (Å²) in [6, 6.07) is 10.9. The quantitative estimate of drug-likeness (QED) is 0.599. The smallest absolute Gasteiger partial charge is 0.356 e. The Morgan fingerprint density at radius 3 is 1.81 bits per heavy atom. The van der Waals surface area contributed by atoms with E-state index in [1.807, 2.05) is 24.3 Å². The second-order valence-corrected chi connectivity index (χ2v) is 5.58. The molecule has 0 aliphatic rings. The molecule has 0 unspecified atom stereocenters. The van der Waals surface area contributed by atoms with Gasteiger partial charge < -0.3 is 14.4 Å². The molecule has 2 aromatic rings. The largest absolute Gasteiger partial charge is 0.464 e. The molecule has 0 bridgehead atoms. The Morgan fingerprint density at radius 2 is 1.37 bits per heavy atom. The van der Waals surface area contributed by atoms with Gasteiger partial charge in [-0.1, -0.05) is 11.8 Å². The van der Waals surface area contributed by atoms with Crippen LogP contribution in [0.4, 0.5) is 5.69 Å². The number of hydrogen-bond acceptors (Lipinski definition) is 6. The van der Waals surface area contributed by atoms with Gasteiger partial charge in [-0.25, -0.2) is 14.6 Å². The second-order valence-electron chi connectivity index (χ2n) is 5.58. The van der Waals surface area contributed by atoms with E-state index in [1.165, 1.54) is 26.4 Å². The SMILES string of the molecule is CCN(CC)c1ccc(C#Cc2cc(C(=O)OC)nc(C(=O)OC)c2)cc1. The van der Waals surface area contributed by atoms with E-state index in [0.717, 1.165) is 24.3 Å². The minimum atomic E-state index is -0.646. The van der Waals surface area contributed by atoms with Gasteiger partial charge in [0.1, 0.15) is 0 Å². The first-order valence-corrected chi connectivity index (χ1v) is 8.58. The standard InChI is InChI=1S/C21H22N2O4/c1-5-23(6-2)17-11-9-15(10-12-17)7-8-16-13-18(20(24)26-3)22-19(14-16)21(25)27-4/h9-14H,5-6H2,1-4H3. The number of carbonyl (C=O) groups excluding carboxylic acids is 2. The molecular weight excluding hydrogens is 344 g/mol. The molecule has 0 fully saturated rings. The number of aromatic nitrogens is 1. The molecule has 1 aromatic carbocycles. The predicted octanol–water partition coefficient (Wildman–Crippen LogP) is 2.90. The Kier molecular flexibility index (Phi) is 6.95. The van der Waals surface area contributed by atoms with E-state index < -0.39 is 11.9 Å². The summed E-state index contributed by atoms with van der Waals surface area (Å²) in [5.41, 5.74) is 2.43. The van der Waals surface area contributed by atoms with Crippen molar-refractivity contribution in [2.24, 2.45) is 0 Å². The molecule has 0 saturated heterocycles. The van der Waals surface area contributed by atoms with Crippen molar-refractivity contribution in [1.82, 2.24) is 4.98 Å². The summed E-state index contributed by atoms with van der Waals surface area (Å²) in [6.07, 6.45) is 0. The normalized spacial score (nSPS) is 9.78. The fourth-order valence-electron chi connectivity index (χ4n) is 2.51.